The molecule has 0 radical (unpaired) electrons. The average Bonchev–Trinajstić information content (AvgIpc) is 2.53. The van der Waals surface area contributed by atoms with E-state index in [2.05, 4.69) is 13.8 Å². The molecule has 0 bridgehead atoms. The minimum absolute atomic E-state index is 0.113. The Labute approximate surface area is 156 Å². The second kappa shape index (κ2) is 18.2. The Balaban J connectivity index is 3.08. The highest BCUT2D eigenvalue weighted by molar-refractivity contribution is 5.67. The maximum atomic E-state index is 10.4. The molecule has 0 aliphatic carbocycles. The molecular weight excluding hydrogens is 312 g/mol. The van der Waals surface area contributed by atoms with Crippen LogP contribution in [0.5, 0.6) is 0 Å². The largest absolute Gasteiger partial charge is 0.481 e. The molecule has 3 heteroatoms. The van der Waals surface area contributed by atoms with Crippen LogP contribution in [0, 0.1) is 5.92 Å². The van der Waals surface area contributed by atoms with Gasteiger partial charge >= 0.3 is 5.97 Å². The molecule has 0 aromatic rings. The second-order valence-electron chi connectivity index (χ2n) is 8.17. The highest BCUT2D eigenvalue weighted by Crippen LogP contribution is 2.15. The summed E-state index contributed by atoms with van der Waals surface area (Å²) in [7, 11) is 0. The molecule has 0 aliphatic rings. The molecule has 0 rings (SSSR count). The van der Waals surface area contributed by atoms with Crippen molar-refractivity contribution in [2.45, 2.75) is 129 Å². The van der Waals surface area contributed by atoms with Gasteiger partial charge in [-0.1, -0.05) is 110 Å². The van der Waals surface area contributed by atoms with Gasteiger partial charge in [0.15, 0.2) is 0 Å². The van der Waals surface area contributed by atoms with Crippen LogP contribution in [0.25, 0.3) is 0 Å². The minimum Gasteiger partial charge on any atom is -0.481 e. The molecule has 1 unspecified atom stereocenters. The maximum Gasteiger partial charge on any atom is 0.305 e. The molecule has 0 aromatic heterocycles. The van der Waals surface area contributed by atoms with E-state index < -0.39 is 12.1 Å². The number of hydrogen-bond donors (Lipinski definition) is 2. The Morgan fingerprint density at radius 1 is 0.640 bits per heavy atom. The zero-order valence-corrected chi connectivity index (χ0v) is 17.0. The van der Waals surface area contributed by atoms with Crippen molar-refractivity contribution < 1.29 is 15.0 Å². The summed E-state index contributed by atoms with van der Waals surface area (Å²) < 4.78 is 0. The lowest BCUT2D eigenvalue weighted by atomic mass is 10.0. The van der Waals surface area contributed by atoms with Crippen molar-refractivity contribution in [1.82, 2.24) is 0 Å². The number of hydrogen-bond acceptors (Lipinski definition) is 2. The number of unbranched alkanes of at least 4 members (excludes halogenated alkanes) is 13. The van der Waals surface area contributed by atoms with Crippen LogP contribution in [-0.4, -0.2) is 22.3 Å². The molecule has 0 aliphatic heterocycles. The highest BCUT2D eigenvalue weighted by atomic mass is 16.4. The van der Waals surface area contributed by atoms with Crippen molar-refractivity contribution in [1.29, 1.82) is 0 Å². The predicted octanol–water partition coefficient (Wildman–Crippen LogP) is 6.72. The van der Waals surface area contributed by atoms with Crippen LogP contribution in [0.1, 0.15) is 123 Å². The Bertz CT molecular complexity index is 289. The standard InChI is InChI=1S/C22H44O3/c1-20(2)17-15-13-11-9-7-5-3-4-6-8-10-12-14-16-18-21(23)19-22(24)25/h20-21,23H,3-19H2,1-2H3,(H,24,25). The quantitative estimate of drug-likeness (QED) is 0.253. The zero-order chi connectivity index (χ0) is 18.8. The maximum absolute atomic E-state index is 10.4. The van der Waals surface area contributed by atoms with Gasteiger partial charge in [-0.25, -0.2) is 0 Å². The summed E-state index contributed by atoms with van der Waals surface area (Å²) in [5.74, 6) is -0.0397. The van der Waals surface area contributed by atoms with Crippen LogP contribution >= 0.6 is 0 Å². The summed E-state index contributed by atoms with van der Waals surface area (Å²) in [4.78, 5) is 10.4. The van der Waals surface area contributed by atoms with E-state index >= 15 is 0 Å². The van der Waals surface area contributed by atoms with Gasteiger partial charge < -0.3 is 10.2 Å². The van der Waals surface area contributed by atoms with Crippen LogP contribution < -0.4 is 0 Å². The molecular formula is C22H44O3. The number of rotatable bonds is 19. The zero-order valence-electron chi connectivity index (χ0n) is 17.0. The Morgan fingerprint density at radius 3 is 1.28 bits per heavy atom. The summed E-state index contributed by atoms with van der Waals surface area (Å²) in [6.07, 6.45) is 19.8. The van der Waals surface area contributed by atoms with Crippen molar-refractivity contribution in [2.75, 3.05) is 0 Å². The fraction of sp³-hybridized carbons (Fsp3) is 0.955. The van der Waals surface area contributed by atoms with Gasteiger partial charge in [0, 0.05) is 0 Å². The number of carboxylic acid groups (broad SMARTS) is 1. The van der Waals surface area contributed by atoms with E-state index in [1.807, 2.05) is 0 Å². The summed E-state index contributed by atoms with van der Waals surface area (Å²) >= 11 is 0. The minimum atomic E-state index is -0.904. The van der Waals surface area contributed by atoms with Crippen LogP contribution in [0.4, 0.5) is 0 Å². The van der Waals surface area contributed by atoms with Gasteiger partial charge in [0.2, 0.25) is 0 Å². The Kier molecular flexibility index (Phi) is 17.8. The molecule has 0 fully saturated rings. The first-order valence-electron chi connectivity index (χ1n) is 10.9. The van der Waals surface area contributed by atoms with Crippen molar-refractivity contribution in [3.63, 3.8) is 0 Å². The van der Waals surface area contributed by atoms with E-state index in [9.17, 15) is 9.90 Å². The molecule has 0 saturated heterocycles. The van der Waals surface area contributed by atoms with Crippen LogP contribution in [0.2, 0.25) is 0 Å². The Hall–Kier alpha value is -0.570. The number of aliphatic carboxylic acids is 1. The topological polar surface area (TPSA) is 57.5 Å². The summed E-state index contributed by atoms with van der Waals surface area (Å²) in [6.45, 7) is 4.62. The first-order chi connectivity index (χ1) is 12.0. The van der Waals surface area contributed by atoms with E-state index in [0.717, 1.165) is 18.8 Å². The molecule has 25 heavy (non-hydrogen) atoms. The molecule has 0 heterocycles. The SMILES string of the molecule is CC(C)CCCCCCCCCCCCCCCCC(O)CC(=O)O. The van der Waals surface area contributed by atoms with Crippen LogP contribution in [0.15, 0.2) is 0 Å². The Morgan fingerprint density at radius 2 is 0.960 bits per heavy atom. The molecule has 2 N–H and O–H groups in total. The molecule has 3 nitrogen and oxygen atoms in total. The van der Waals surface area contributed by atoms with Gasteiger partial charge in [-0.15, -0.1) is 0 Å². The van der Waals surface area contributed by atoms with Crippen molar-refractivity contribution in [3.05, 3.63) is 0 Å². The molecule has 0 saturated carbocycles. The van der Waals surface area contributed by atoms with E-state index in [-0.39, 0.29) is 6.42 Å². The van der Waals surface area contributed by atoms with E-state index in [1.165, 1.54) is 83.5 Å². The summed E-state index contributed by atoms with van der Waals surface area (Å²) in [5.41, 5.74) is 0. The highest BCUT2D eigenvalue weighted by Gasteiger charge is 2.08. The third kappa shape index (κ3) is 21.4. The van der Waals surface area contributed by atoms with Crippen LogP contribution in [-0.2, 0) is 4.79 Å². The third-order valence-corrected chi connectivity index (χ3v) is 4.98. The molecule has 150 valence electrons. The molecule has 1 atom stereocenters. The van der Waals surface area contributed by atoms with Crippen molar-refractivity contribution >= 4 is 5.97 Å². The van der Waals surface area contributed by atoms with Gasteiger partial charge in [-0.05, 0) is 12.3 Å². The molecule has 0 aromatic carbocycles. The van der Waals surface area contributed by atoms with Gasteiger partial charge in [0.25, 0.3) is 0 Å². The lowest BCUT2D eigenvalue weighted by molar-refractivity contribution is -0.139. The number of aliphatic hydroxyl groups is 1. The number of carbonyl (C=O) groups is 1. The average molecular weight is 357 g/mol. The first kappa shape index (κ1) is 24.4. The molecule has 0 spiro atoms. The van der Waals surface area contributed by atoms with Crippen LogP contribution in [0.3, 0.4) is 0 Å². The predicted molar refractivity (Wildman–Crippen MR) is 107 cm³/mol. The van der Waals surface area contributed by atoms with E-state index in [1.54, 1.807) is 0 Å². The van der Waals surface area contributed by atoms with Crippen molar-refractivity contribution in [2.24, 2.45) is 5.92 Å². The number of carboxylic acids is 1. The van der Waals surface area contributed by atoms with Gasteiger partial charge in [0.1, 0.15) is 0 Å². The van der Waals surface area contributed by atoms with Gasteiger partial charge in [-0.2, -0.15) is 0 Å². The first-order valence-corrected chi connectivity index (χ1v) is 10.9. The smallest absolute Gasteiger partial charge is 0.305 e. The second-order valence-corrected chi connectivity index (χ2v) is 8.17. The fourth-order valence-corrected chi connectivity index (χ4v) is 3.36. The summed E-state index contributed by atoms with van der Waals surface area (Å²) in [5, 5.41) is 18.0. The van der Waals surface area contributed by atoms with Gasteiger partial charge in [-0.3, -0.25) is 4.79 Å². The third-order valence-electron chi connectivity index (χ3n) is 4.98. The van der Waals surface area contributed by atoms with E-state index in [4.69, 9.17) is 5.11 Å². The van der Waals surface area contributed by atoms with Gasteiger partial charge in [0.05, 0.1) is 12.5 Å². The molecule has 0 amide bonds. The lowest BCUT2D eigenvalue weighted by Crippen LogP contribution is -2.12. The normalized spacial score (nSPS) is 12.6. The lowest BCUT2D eigenvalue weighted by Gasteiger charge is -2.07. The van der Waals surface area contributed by atoms with E-state index in [0.29, 0.717) is 6.42 Å². The summed E-state index contributed by atoms with van der Waals surface area (Å²) in [6, 6.07) is 0. The fourth-order valence-electron chi connectivity index (χ4n) is 3.36. The van der Waals surface area contributed by atoms with Crippen molar-refractivity contribution in [3.8, 4) is 0 Å². The number of aliphatic hydroxyl groups excluding tert-OH is 1. The monoisotopic (exact) mass is 356 g/mol.